The smallest absolute Gasteiger partial charge is 0.236 e. The molecule has 32 heavy (non-hydrogen) atoms. The molecule has 2 aliphatic rings. The number of benzene rings is 1. The van der Waals surface area contributed by atoms with E-state index in [1.165, 1.54) is 9.71 Å². The largest absolute Gasteiger partial charge is 0.371 e. The van der Waals surface area contributed by atoms with Gasteiger partial charge in [0.15, 0.2) is 0 Å². The molecule has 1 aromatic carbocycles. The number of aromatic nitrogens is 1. The van der Waals surface area contributed by atoms with Crippen molar-refractivity contribution in [3.8, 4) is 0 Å². The Balaban J connectivity index is 1.27. The fourth-order valence-corrected chi connectivity index (χ4v) is 5.48. The Bertz CT molecular complexity index is 1040. The predicted octanol–water partition coefficient (Wildman–Crippen LogP) is 3.10. The van der Waals surface area contributed by atoms with E-state index in [-0.39, 0.29) is 11.8 Å². The first-order valence-electron chi connectivity index (χ1n) is 10.8. The van der Waals surface area contributed by atoms with E-state index in [0.717, 1.165) is 37.2 Å². The van der Waals surface area contributed by atoms with Crippen molar-refractivity contribution in [1.82, 2.24) is 14.2 Å². The summed E-state index contributed by atoms with van der Waals surface area (Å²) in [6, 6.07) is 11.0. The molecule has 2 saturated heterocycles. The van der Waals surface area contributed by atoms with Crippen molar-refractivity contribution >= 4 is 39.3 Å². The molecule has 2 fully saturated rings. The summed E-state index contributed by atoms with van der Waals surface area (Å²) in [4.78, 5) is 21.2. The molecule has 0 radical (unpaired) electrons. The summed E-state index contributed by atoms with van der Waals surface area (Å²) < 4.78 is 26.8. The molecule has 0 saturated carbocycles. The third-order valence-corrected chi connectivity index (χ3v) is 7.90. The van der Waals surface area contributed by atoms with E-state index in [0.29, 0.717) is 31.2 Å². The monoisotopic (exact) mass is 474 g/mol. The van der Waals surface area contributed by atoms with Gasteiger partial charge in [0.25, 0.3) is 0 Å². The molecule has 1 aromatic heterocycles. The summed E-state index contributed by atoms with van der Waals surface area (Å²) in [6.45, 7) is 3.16. The Morgan fingerprint density at radius 1 is 0.938 bits per heavy atom. The van der Waals surface area contributed by atoms with Gasteiger partial charge in [-0.15, -0.1) is 0 Å². The lowest BCUT2D eigenvalue weighted by Crippen LogP contribution is -2.52. The first kappa shape index (κ1) is 22.8. The fourth-order valence-electron chi connectivity index (χ4n) is 4.19. The topological polar surface area (TPSA) is 73.8 Å². The second kappa shape index (κ2) is 10.0. The summed E-state index contributed by atoms with van der Waals surface area (Å²) >= 11 is 5.87. The molecule has 0 bridgehead atoms. The van der Waals surface area contributed by atoms with Crippen LogP contribution in [-0.2, 0) is 14.8 Å². The number of halogens is 1. The molecule has 9 heteroatoms. The highest BCUT2D eigenvalue weighted by molar-refractivity contribution is 7.92. The van der Waals surface area contributed by atoms with Gasteiger partial charge < -0.3 is 9.80 Å². The van der Waals surface area contributed by atoms with Crippen LogP contribution in [0.3, 0.4) is 0 Å². The number of pyridine rings is 1. The Morgan fingerprint density at radius 3 is 2.19 bits per heavy atom. The van der Waals surface area contributed by atoms with E-state index in [1.54, 1.807) is 42.7 Å². The summed E-state index contributed by atoms with van der Waals surface area (Å²) in [5.41, 5.74) is 1.90. The van der Waals surface area contributed by atoms with Crippen LogP contribution >= 0.6 is 11.6 Å². The normalized spacial score (nSPS) is 18.9. The highest BCUT2D eigenvalue weighted by atomic mass is 35.5. The van der Waals surface area contributed by atoms with Crippen molar-refractivity contribution in [2.24, 2.45) is 5.92 Å². The van der Waals surface area contributed by atoms with Crippen LogP contribution in [0.2, 0.25) is 5.02 Å². The van der Waals surface area contributed by atoms with E-state index < -0.39 is 10.0 Å². The maximum absolute atomic E-state index is 13.0. The summed E-state index contributed by atoms with van der Waals surface area (Å²) in [5.74, 6) is 0.147. The lowest BCUT2D eigenvalue weighted by Gasteiger charge is -2.38. The van der Waals surface area contributed by atoms with E-state index >= 15 is 0 Å². The first-order valence-corrected chi connectivity index (χ1v) is 12.7. The average molecular weight is 475 g/mol. The lowest BCUT2D eigenvalue weighted by atomic mass is 9.94. The van der Waals surface area contributed by atoms with Crippen molar-refractivity contribution in [1.29, 1.82) is 0 Å². The molecule has 170 valence electrons. The minimum Gasteiger partial charge on any atom is -0.371 e. The summed E-state index contributed by atoms with van der Waals surface area (Å²) in [6.07, 6.45) is 6.75. The number of amides is 1. The van der Waals surface area contributed by atoms with E-state index in [1.807, 2.05) is 17.0 Å². The maximum Gasteiger partial charge on any atom is 0.236 e. The van der Waals surface area contributed by atoms with Crippen molar-refractivity contribution in [3.63, 3.8) is 0 Å². The van der Waals surface area contributed by atoms with Crippen molar-refractivity contribution in [3.05, 3.63) is 64.8 Å². The van der Waals surface area contributed by atoms with Gasteiger partial charge in [-0.05, 0) is 48.7 Å². The molecular weight excluding hydrogens is 448 g/mol. The van der Waals surface area contributed by atoms with Crippen LogP contribution in [0.25, 0.3) is 6.08 Å². The zero-order valence-corrected chi connectivity index (χ0v) is 19.4. The molecular formula is C23H27ClN4O3S. The van der Waals surface area contributed by atoms with Crippen molar-refractivity contribution in [2.45, 2.75) is 12.8 Å². The van der Waals surface area contributed by atoms with Crippen LogP contribution in [0.5, 0.6) is 0 Å². The molecule has 1 amide bonds. The van der Waals surface area contributed by atoms with Crippen LogP contribution in [0.15, 0.2) is 54.2 Å². The van der Waals surface area contributed by atoms with Gasteiger partial charge in [-0.2, -0.15) is 4.31 Å². The SMILES string of the molecule is O=C(C1CCN(c2ccncc2)CC1)N1CCN(S(=O)(=O)C=Cc2ccc(Cl)cc2)CC1. The second-order valence-electron chi connectivity index (χ2n) is 8.09. The number of sulfonamides is 1. The van der Waals surface area contributed by atoms with Crippen LogP contribution in [0, 0.1) is 5.92 Å². The second-order valence-corrected chi connectivity index (χ2v) is 10.3. The van der Waals surface area contributed by atoms with Gasteiger partial charge in [0, 0.05) is 73.7 Å². The molecule has 3 heterocycles. The lowest BCUT2D eigenvalue weighted by molar-refractivity contribution is -0.137. The van der Waals surface area contributed by atoms with Crippen LogP contribution in [-0.4, -0.2) is 67.8 Å². The predicted molar refractivity (Wildman–Crippen MR) is 127 cm³/mol. The third-order valence-electron chi connectivity index (χ3n) is 6.08. The summed E-state index contributed by atoms with van der Waals surface area (Å²) in [7, 11) is -3.53. The van der Waals surface area contributed by atoms with Gasteiger partial charge in [-0.25, -0.2) is 8.42 Å². The van der Waals surface area contributed by atoms with Crippen molar-refractivity contribution in [2.75, 3.05) is 44.2 Å². The number of carbonyl (C=O) groups is 1. The Labute approximate surface area is 194 Å². The van der Waals surface area contributed by atoms with Crippen LogP contribution in [0.1, 0.15) is 18.4 Å². The Hall–Kier alpha value is -2.42. The highest BCUT2D eigenvalue weighted by Crippen LogP contribution is 2.25. The highest BCUT2D eigenvalue weighted by Gasteiger charge is 2.32. The maximum atomic E-state index is 13.0. The number of hydrogen-bond acceptors (Lipinski definition) is 5. The number of anilines is 1. The van der Waals surface area contributed by atoms with E-state index in [2.05, 4.69) is 9.88 Å². The number of piperidine rings is 1. The molecule has 0 unspecified atom stereocenters. The quantitative estimate of drug-likeness (QED) is 0.665. The van der Waals surface area contributed by atoms with Gasteiger partial charge in [-0.1, -0.05) is 23.7 Å². The molecule has 7 nitrogen and oxygen atoms in total. The fraction of sp³-hybridized carbons (Fsp3) is 0.391. The molecule has 0 aliphatic carbocycles. The van der Waals surface area contributed by atoms with Gasteiger partial charge in [0.2, 0.25) is 15.9 Å². The van der Waals surface area contributed by atoms with Gasteiger partial charge in [-0.3, -0.25) is 9.78 Å². The Morgan fingerprint density at radius 2 is 1.56 bits per heavy atom. The van der Waals surface area contributed by atoms with Crippen molar-refractivity contribution < 1.29 is 13.2 Å². The summed E-state index contributed by atoms with van der Waals surface area (Å²) in [5, 5.41) is 1.83. The number of carbonyl (C=O) groups excluding carboxylic acids is 1. The molecule has 0 atom stereocenters. The van der Waals surface area contributed by atoms with Gasteiger partial charge in [0.1, 0.15) is 0 Å². The van der Waals surface area contributed by atoms with Crippen LogP contribution < -0.4 is 4.90 Å². The number of hydrogen-bond donors (Lipinski definition) is 0. The average Bonchev–Trinajstić information content (AvgIpc) is 2.84. The van der Waals surface area contributed by atoms with Crippen LogP contribution in [0.4, 0.5) is 5.69 Å². The molecule has 0 spiro atoms. The number of rotatable bonds is 5. The molecule has 2 aliphatic heterocycles. The van der Waals surface area contributed by atoms with Gasteiger partial charge in [0.05, 0.1) is 0 Å². The first-order chi connectivity index (χ1) is 15.4. The zero-order chi connectivity index (χ0) is 22.6. The number of nitrogens with zero attached hydrogens (tertiary/aromatic N) is 4. The standard InChI is InChI=1S/C23H27ClN4O3S/c24-21-3-1-19(2-4-21)9-18-32(30,31)28-16-14-27(15-17-28)23(29)20-7-12-26(13-8-20)22-5-10-25-11-6-22/h1-6,9-11,18,20H,7-8,12-17H2. The number of piperazine rings is 1. The van der Waals surface area contributed by atoms with E-state index in [4.69, 9.17) is 11.6 Å². The minimum atomic E-state index is -3.53. The minimum absolute atomic E-state index is 0.000968. The zero-order valence-electron chi connectivity index (χ0n) is 17.8. The molecule has 0 N–H and O–H groups in total. The molecule has 2 aromatic rings. The third kappa shape index (κ3) is 5.49. The Kier molecular flexibility index (Phi) is 7.13. The van der Waals surface area contributed by atoms with Gasteiger partial charge >= 0.3 is 0 Å². The molecule has 4 rings (SSSR count). The van der Waals surface area contributed by atoms with E-state index in [9.17, 15) is 13.2 Å².